The number of carboxylic acid groups (broad SMARTS) is 1. The van der Waals surface area contributed by atoms with Crippen molar-refractivity contribution in [1.82, 2.24) is 16.0 Å². The van der Waals surface area contributed by atoms with Crippen molar-refractivity contribution < 1.29 is 14.7 Å². The molecule has 2 aliphatic heterocycles. The van der Waals surface area contributed by atoms with E-state index in [1.807, 2.05) is 0 Å². The third kappa shape index (κ3) is 1.76. The summed E-state index contributed by atoms with van der Waals surface area (Å²) in [7, 11) is 0. The number of amidine groups is 1. The van der Waals surface area contributed by atoms with Gasteiger partial charge in [0.25, 0.3) is 0 Å². The van der Waals surface area contributed by atoms with Crippen LogP contribution in [0.4, 0.5) is 0 Å². The number of carbonyl (C=O) groups excluding carboxylic acids is 1. The minimum Gasteiger partial charge on any atom is -0.480 e. The molecule has 0 aromatic heterocycles. The maximum atomic E-state index is 11.4. The van der Waals surface area contributed by atoms with Crippen LogP contribution in [0.15, 0.2) is 4.99 Å². The number of nitrogens with zero attached hydrogens (tertiary/aromatic N) is 1. The molecule has 1 fully saturated rings. The number of carboxylic acids is 1. The minimum absolute atomic E-state index is 0.0914. The van der Waals surface area contributed by atoms with Gasteiger partial charge < -0.3 is 15.7 Å². The van der Waals surface area contributed by atoms with E-state index < -0.39 is 24.3 Å². The molecule has 15 heavy (non-hydrogen) atoms. The molecule has 2 unspecified atom stereocenters. The molecule has 0 bridgehead atoms. The van der Waals surface area contributed by atoms with Crippen molar-refractivity contribution in [2.24, 2.45) is 10.7 Å². The average Bonchev–Trinajstić information content (AvgIpc) is 2.16. The Kier molecular flexibility index (Phi) is 2.29. The fraction of sp³-hybridized carbons (Fsp3) is 0.571. The number of rotatable bonds is 1. The second kappa shape index (κ2) is 3.48. The lowest BCUT2D eigenvalue weighted by Crippen LogP contribution is -2.71. The molecule has 2 aliphatic rings. The van der Waals surface area contributed by atoms with Crippen molar-refractivity contribution in [2.45, 2.75) is 18.4 Å². The number of amides is 1. The van der Waals surface area contributed by atoms with Crippen LogP contribution in [0, 0.1) is 0 Å². The van der Waals surface area contributed by atoms with Crippen LogP contribution in [0.5, 0.6) is 0 Å². The smallest absolute Gasteiger partial charge is 0.322 e. The predicted molar refractivity (Wildman–Crippen MR) is 49.9 cm³/mol. The van der Waals surface area contributed by atoms with Gasteiger partial charge in [-0.15, -0.1) is 0 Å². The highest BCUT2D eigenvalue weighted by Gasteiger charge is 2.37. The van der Waals surface area contributed by atoms with E-state index in [1.165, 1.54) is 0 Å². The van der Waals surface area contributed by atoms with E-state index in [2.05, 4.69) is 20.9 Å². The van der Waals surface area contributed by atoms with Crippen LogP contribution < -0.4 is 21.7 Å². The summed E-state index contributed by atoms with van der Waals surface area (Å²) in [6.45, 7) is 0.0914. The quantitative estimate of drug-likeness (QED) is 0.311. The molecule has 0 saturated carbocycles. The monoisotopic (exact) mass is 213 g/mol. The van der Waals surface area contributed by atoms with E-state index in [1.54, 1.807) is 0 Å². The van der Waals surface area contributed by atoms with Crippen molar-refractivity contribution in [3.05, 3.63) is 0 Å². The molecule has 82 valence electrons. The summed E-state index contributed by atoms with van der Waals surface area (Å²) in [6, 6.07) is -1.58. The van der Waals surface area contributed by atoms with Crippen LogP contribution in [-0.4, -0.2) is 47.7 Å². The zero-order chi connectivity index (χ0) is 11.0. The van der Waals surface area contributed by atoms with Crippen LogP contribution >= 0.6 is 0 Å². The Morgan fingerprint density at radius 1 is 1.53 bits per heavy atom. The van der Waals surface area contributed by atoms with Crippen molar-refractivity contribution >= 4 is 17.7 Å². The summed E-state index contributed by atoms with van der Waals surface area (Å²) in [5, 5.41) is 16.6. The van der Waals surface area contributed by atoms with Crippen molar-refractivity contribution in [2.75, 3.05) is 6.54 Å². The molecule has 8 heteroatoms. The normalized spacial score (nSPS) is 34.6. The zero-order valence-corrected chi connectivity index (χ0v) is 7.73. The first-order valence-electron chi connectivity index (χ1n) is 4.43. The van der Waals surface area contributed by atoms with E-state index in [9.17, 15) is 9.59 Å². The highest BCUT2D eigenvalue weighted by atomic mass is 16.4. The highest BCUT2D eigenvalue weighted by Crippen LogP contribution is 2.03. The van der Waals surface area contributed by atoms with Crippen LogP contribution in [0.2, 0.25) is 0 Å². The zero-order valence-electron chi connectivity index (χ0n) is 7.73. The Bertz CT molecular complexity index is 342. The second-order valence-corrected chi connectivity index (χ2v) is 3.35. The Morgan fingerprint density at radius 2 is 2.27 bits per heavy atom. The van der Waals surface area contributed by atoms with Crippen molar-refractivity contribution in [3.8, 4) is 0 Å². The third-order valence-corrected chi connectivity index (χ3v) is 2.25. The van der Waals surface area contributed by atoms with Crippen molar-refractivity contribution in [3.63, 3.8) is 0 Å². The van der Waals surface area contributed by atoms with E-state index in [0.717, 1.165) is 0 Å². The van der Waals surface area contributed by atoms with Crippen molar-refractivity contribution in [1.29, 1.82) is 0 Å². The lowest BCUT2D eigenvalue weighted by molar-refractivity contribution is -0.139. The molecule has 0 radical (unpaired) electrons. The Hall–Kier alpha value is -1.67. The van der Waals surface area contributed by atoms with Gasteiger partial charge in [0.15, 0.2) is 6.29 Å². The van der Waals surface area contributed by atoms with Gasteiger partial charge in [0, 0.05) is 0 Å². The first kappa shape index (κ1) is 9.87. The van der Waals surface area contributed by atoms with Gasteiger partial charge in [0.05, 0.1) is 6.54 Å². The van der Waals surface area contributed by atoms with Crippen LogP contribution in [0.3, 0.4) is 0 Å². The number of nitrogens with one attached hydrogen (secondary N) is 3. The standard InChI is InChI=1S/C7H11N5O3/c8-7-11-4-3(5(13)12-7)10-2(1-9-4)6(14)15/h2-3,7,10H,1,8H2,(H,9,11)(H,12,13)(H,14,15)/t2-,3?,7?/m1/s1. The molecule has 2 heterocycles. The lowest BCUT2D eigenvalue weighted by Gasteiger charge is -2.34. The Morgan fingerprint density at radius 3 is 2.93 bits per heavy atom. The summed E-state index contributed by atoms with van der Waals surface area (Å²) in [5.74, 6) is -1.00. The van der Waals surface area contributed by atoms with Gasteiger partial charge in [-0.3, -0.25) is 25.6 Å². The topological polar surface area (TPSA) is 129 Å². The average molecular weight is 213 g/mol. The predicted octanol–water partition coefficient (Wildman–Crippen LogP) is -3.23. The second-order valence-electron chi connectivity index (χ2n) is 3.35. The molecule has 0 aliphatic carbocycles. The first-order valence-corrected chi connectivity index (χ1v) is 4.43. The summed E-state index contributed by atoms with van der Waals surface area (Å²) in [4.78, 5) is 26.1. The third-order valence-electron chi connectivity index (χ3n) is 2.25. The molecule has 3 atom stereocenters. The number of aliphatic imine (C=N–C) groups is 1. The fourth-order valence-electron chi connectivity index (χ4n) is 1.52. The van der Waals surface area contributed by atoms with Gasteiger partial charge in [0.2, 0.25) is 5.91 Å². The van der Waals surface area contributed by atoms with Gasteiger partial charge in [0.1, 0.15) is 17.9 Å². The molecule has 6 N–H and O–H groups in total. The number of nitrogens with two attached hydrogens (primary N) is 1. The SMILES string of the molecule is NC1NC(=O)C2N[C@@H](C(=O)O)CN=C2N1. The fourth-order valence-corrected chi connectivity index (χ4v) is 1.52. The maximum absolute atomic E-state index is 11.4. The van der Waals surface area contributed by atoms with Gasteiger partial charge in [-0.25, -0.2) is 0 Å². The molecule has 0 aromatic rings. The summed E-state index contributed by atoms with van der Waals surface area (Å²) < 4.78 is 0. The Labute approximate surface area is 84.9 Å². The van der Waals surface area contributed by atoms with E-state index in [-0.39, 0.29) is 12.5 Å². The van der Waals surface area contributed by atoms with E-state index >= 15 is 0 Å². The largest absolute Gasteiger partial charge is 0.480 e. The Balaban J connectivity index is 2.17. The van der Waals surface area contributed by atoms with Gasteiger partial charge >= 0.3 is 5.97 Å². The number of hydrogen-bond donors (Lipinski definition) is 5. The van der Waals surface area contributed by atoms with Gasteiger partial charge in [-0.05, 0) is 0 Å². The molecular weight excluding hydrogens is 202 g/mol. The summed E-state index contributed by atoms with van der Waals surface area (Å²) in [6.07, 6.45) is -0.671. The summed E-state index contributed by atoms with van der Waals surface area (Å²) >= 11 is 0. The lowest BCUT2D eigenvalue weighted by atomic mass is 10.1. The molecule has 1 amide bonds. The first-order chi connectivity index (χ1) is 7.08. The summed E-state index contributed by atoms with van der Waals surface area (Å²) in [5.41, 5.74) is 5.46. The molecule has 2 rings (SSSR count). The molecular formula is C7H11N5O3. The molecule has 1 saturated heterocycles. The number of hydrogen-bond acceptors (Lipinski definition) is 6. The number of aliphatic carboxylic acids is 1. The van der Waals surface area contributed by atoms with Crippen LogP contribution in [-0.2, 0) is 9.59 Å². The highest BCUT2D eigenvalue weighted by molar-refractivity contribution is 6.10. The molecule has 0 aromatic carbocycles. The number of fused-ring (bicyclic) bond motifs is 1. The van der Waals surface area contributed by atoms with Gasteiger partial charge in [-0.2, -0.15) is 0 Å². The van der Waals surface area contributed by atoms with Crippen LogP contribution in [0.1, 0.15) is 0 Å². The molecule has 0 spiro atoms. The number of carbonyl (C=O) groups is 2. The van der Waals surface area contributed by atoms with Crippen LogP contribution in [0.25, 0.3) is 0 Å². The minimum atomic E-state index is -1.03. The van der Waals surface area contributed by atoms with Gasteiger partial charge in [-0.1, -0.05) is 0 Å². The van der Waals surface area contributed by atoms with E-state index in [4.69, 9.17) is 10.8 Å². The molecule has 8 nitrogen and oxygen atoms in total. The van der Waals surface area contributed by atoms with E-state index in [0.29, 0.717) is 5.84 Å². The maximum Gasteiger partial charge on any atom is 0.322 e.